The summed E-state index contributed by atoms with van der Waals surface area (Å²) < 4.78 is 11.2. The van der Waals surface area contributed by atoms with Gasteiger partial charge in [-0.2, -0.15) is 4.98 Å². The molecule has 1 fully saturated rings. The molecule has 0 bridgehead atoms. The van der Waals surface area contributed by atoms with Gasteiger partial charge < -0.3 is 15.0 Å². The predicted octanol–water partition coefficient (Wildman–Crippen LogP) is 3.43. The van der Waals surface area contributed by atoms with Crippen LogP contribution in [0.1, 0.15) is 38.4 Å². The molecule has 2 heterocycles. The molecule has 20 heavy (non-hydrogen) atoms. The van der Waals surface area contributed by atoms with Crippen molar-refractivity contribution < 1.29 is 9.26 Å². The van der Waals surface area contributed by atoms with Crippen LogP contribution >= 0.6 is 11.3 Å². The molecule has 2 aromatic heterocycles. The first kappa shape index (κ1) is 13.6. The van der Waals surface area contributed by atoms with E-state index in [1.54, 1.807) is 7.11 Å². The van der Waals surface area contributed by atoms with E-state index >= 15 is 0 Å². The van der Waals surface area contributed by atoms with Crippen LogP contribution in [-0.2, 0) is 10.3 Å². The van der Waals surface area contributed by atoms with E-state index in [-0.39, 0.29) is 0 Å². The number of methoxy groups -OCH3 is 1. The van der Waals surface area contributed by atoms with Crippen LogP contribution in [0, 0.1) is 5.92 Å². The van der Waals surface area contributed by atoms with Gasteiger partial charge in [0.05, 0.1) is 10.6 Å². The molecule has 0 spiro atoms. The maximum Gasteiger partial charge on any atom is 0.261 e. The largest absolute Gasteiger partial charge is 0.390 e. The first-order valence-electron chi connectivity index (χ1n) is 6.87. The van der Waals surface area contributed by atoms with Crippen LogP contribution in [0.4, 0.5) is 5.00 Å². The number of aromatic nitrogens is 2. The molecule has 0 aliphatic heterocycles. The summed E-state index contributed by atoms with van der Waals surface area (Å²) in [7, 11) is 1.73. The maximum atomic E-state index is 5.91. The lowest BCUT2D eigenvalue weighted by Gasteiger charge is -2.36. The Labute approximate surface area is 122 Å². The SMILES string of the molecule is COC1(c2noc(-c3ccsc3N)n2)CCCC(C)C1. The quantitative estimate of drug-likeness (QED) is 0.938. The van der Waals surface area contributed by atoms with Crippen LogP contribution < -0.4 is 5.73 Å². The molecule has 5 nitrogen and oxygen atoms in total. The molecule has 0 saturated heterocycles. The zero-order valence-electron chi connectivity index (χ0n) is 11.8. The molecule has 1 aliphatic rings. The van der Waals surface area contributed by atoms with E-state index in [9.17, 15) is 0 Å². The fourth-order valence-corrected chi connectivity index (χ4v) is 3.63. The Hall–Kier alpha value is -1.40. The minimum Gasteiger partial charge on any atom is -0.390 e. The lowest BCUT2D eigenvalue weighted by Crippen LogP contribution is -2.35. The van der Waals surface area contributed by atoms with Crippen LogP contribution in [0.15, 0.2) is 16.0 Å². The number of rotatable bonds is 3. The lowest BCUT2D eigenvalue weighted by atomic mass is 9.78. The van der Waals surface area contributed by atoms with Gasteiger partial charge in [0.25, 0.3) is 5.89 Å². The number of thiophene rings is 1. The zero-order chi connectivity index (χ0) is 14.2. The molecule has 108 valence electrons. The van der Waals surface area contributed by atoms with Crippen molar-refractivity contribution in [2.45, 2.75) is 38.2 Å². The van der Waals surface area contributed by atoms with Gasteiger partial charge in [0.2, 0.25) is 5.82 Å². The second-order valence-electron chi connectivity index (χ2n) is 5.52. The Kier molecular flexibility index (Phi) is 3.52. The van der Waals surface area contributed by atoms with Crippen LogP contribution in [0.3, 0.4) is 0 Å². The highest BCUT2D eigenvalue weighted by Gasteiger charge is 2.41. The smallest absolute Gasteiger partial charge is 0.261 e. The number of hydrogen-bond donors (Lipinski definition) is 1. The monoisotopic (exact) mass is 293 g/mol. The minimum absolute atomic E-state index is 0.412. The molecule has 0 radical (unpaired) electrons. The number of hydrogen-bond acceptors (Lipinski definition) is 6. The molecule has 0 amide bonds. The highest BCUT2D eigenvalue weighted by Crippen LogP contribution is 2.42. The first-order valence-corrected chi connectivity index (χ1v) is 7.75. The molecule has 2 N–H and O–H groups in total. The average molecular weight is 293 g/mol. The molecule has 2 unspecified atom stereocenters. The normalized spacial score (nSPS) is 26.8. The zero-order valence-corrected chi connectivity index (χ0v) is 12.6. The van der Waals surface area contributed by atoms with Crippen molar-refractivity contribution in [3.05, 3.63) is 17.3 Å². The van der Waals surface area contributed by atoms with Crippen molar-refractivity contribution in [2.24, 2.45) is 5.92 Å². The molecule has 0 aromatic carbocycles. The summed E-state index contributed by atoms with van der Waals surface area (Å²) in [6, 6.07) is 1.90. The number of nitrogen functional groups attached to an aromatic ring is 1. The van der Waals surface area contributed by atoms with Crippen LogP contribution in [-0.4, -0.2) is 17.3 Å². The molecule has 2 aromatic rings. The number of nitrogens with zero attached hydrogens (tertiary/aromatic N) is 2. The van der Waals surface area contributed by atoms with Crippen molar-refractivity contribution in [2.75, 3.05) is 12.8 Å². The minimum atomic E-state index is -0.412. The second-order valence-corrected chi connectivity index (χ2v) is 6.47. The summed E-state index contributed by atoms with van der Waals surface area (Å²) in [5.74, 6) is 1.73. The third-order valence-corrected chi connectivity index (χ3v) is 4.85. The van der Waals surface area contributed by atoms with E-state index in [0.717, 1.165) is 24.8 Å². The molecular formula is C14H19N3O2S. The third kappa shape index (κ3) is 2.23. The topological polar surface area (TPSA) is 74.2 Å². The van der Waals surface area contributed by atoms with Gasteiger partial charge in [0, 0.05) is 7.11 Å². The van der Waals surface area contributed by atoms with Crippen molar-refractivity contribution in [3.63, 3.8) is 0 Å². The Bertz CT molecular complexity index is 595. The van der Waals surface area contributed by atoms with Gasteiger partial charge in [-0.05, 0) is 36.6 Å². The highest BCUT2D eigenvalue weighted by atomic mass is 32.1. The summed E-state index contributed by atoms with van der Waals surface area (Å²) in [6.07, 6.45) is 4.22. The van der Waals surface area contributed by atoms with Gasteiger partial charge in [0.15, 0.2) is 0 Å². The van der Waals surface area contributed by atoms with Gasteiger partial charge in [-0.3, -0.25) is 0 Å². The lowest BCUT2D eigenvalue weighted by molar-refractivity contribution is -0.0658. The Morgan fingerprint density at radius 3 is 3.05 bits per heavy atom. The standard InChI is InChI=1S/C14H19N3O2S/c1-9-4-3-6-14(8-9,18-2)13-16-12(19-17-13)10-5-7-20-11(10)15/h5,7,9H,3-4,6,8,15H2,1-2H3. The molecule has 1 aliphatic carbocycles. The number of ether oxygens (including phenoxy) is 1. The van der Waals surface area contributed by atoms with Gasteiger partial charge in [0.1, 0.15) is 5.60 Å². The Morgan fingerprint density at radius 1 is 1.55 bits per heavy atom. The first-order chi connectivity index (χ1) is 9.64. The summed E-state index contributed by atoms with van der Waals surface area (Å²) >= 11 is 1.47. The molecule has 3 rings (SSSR count). The summed E-state index contributed by atoms with van der Waals surface area (Å²) in [5.41, 5.74) is 6.30. The molecule has 2 atom stereocenters. The van der Waals surface area contributed by atoms with E-state index in [1.165, 1.54) is 17.8 Å². The van der Waals surface area contributed by atoms with Crippen LogP contribution in [0.5, 0.6) is 0 Å². The fraction of sp³-hybridized carbons (Fsp3) is 0.571. The Morgan fingerprint density at radius 2 is 2.40 bits per heavy atom. The molecule has 1 saturated carbocycles. The maximum absolute atomic E-state index is 5.91. The van der Waals surface area contributed by atoms with Gasteiger partial charge in [-0.25, -0.2) is 0 Å². The molecule has 6 heteroatoms. The van der Waals surface area contributed by atoms with Crippen LogP contribution in [0.2, 0.25) is 0 Å². The third-order valence-electron chi connectivity index (χ3n) is 4.11. The highest BCUT2D eigenvalue weighted by molar-refractivity contribution is 7.14. The number of nitrogens with two attached hydrogens (primary N) is 1. The Balaban J connectivity index is 1.94. The van der Waals surface area contributed by atoms with E-state index in [0.29, 0.717) is 22.6 Å². The summed E-state index contributed by atoms with van der Waals surface area (Å²) in [5, 5.41) is 6.77. The second kappa shape index (κ2) is 5.18. The van der Waals surface area contributed by atoms with E-state index in [2.05, 4.69) is 17.1 Å². The van der Waals surface area contributed by atoms with Gasteiger partial charge in [-0.15, -0.1) is 11.3 Å². The van der Waals surface area contributed by atoms with E-state index < -0.39 is 5.60 Å². The summed E-state index contributed by atoms with van der Waals surface area (Å²) in [6.45, 7) is 2.24. The van der Waals surface area contributed by atoms with Crippen molar-refractivity contribution >= 4 is 16.3 Å². The van der Waals surface area contributed by atoms with Crippen molar-refractivity contribution in [3.8, 4) is 11.5 Å². The van der Waals surface area contributed by atoms with Gasteiger partial charge in [-0.1, -0.05) is 18.5 Å². The van der Waals surface area contributed by atoms with Gasteiger partial charge >= 0.3 is 0 Å². The summed E-state index contributed by atoms with van der Waals surface area (Å²) in [4.78, 5) is 4.54. The average Bonchev–Trinajstić information content (AvgIpc) is 3.07. The molecular weight excluding hydrogens is 274 g/mol. The van der Waals surface area contributed by atoms with E-state index in [4.69, 9.17) is 15.0 Å². The van der Waals surface area contributed by atoms with Crippen molar-refractivity contribution in [1.29, 1.82) is 0 Å². The van der Waals surface area contributed by atoms with Crippen LogP contribution in [0.25, 0.3) is 11.5 Å². The predicted molar refractivity (Wildman–Crippen MR) is 78.3 cm³/mol. The fourth-order valence-electron chi connectivity index (χ4n) is 3.00. The van der Waals surface area contributed by atoms with Crippen molar-refractivity contribution in [1.82, 2.24) is 10.1 Å². The van der Waals surface area contributed by atoms with E-state index in [1.807, 2.05) is 11.4 Å². The number of anilines is 1.